The maximum absolute atomic E-state index is 10.1. The molecule has 0 radical (unpaired) electrons. The molecule has 3 heteroatoms. The molecule has 1 heterocycles. The van der Waals surface area contributed by atoms with Crippen molar-refractivity contribution >= 4 is 0 Å². The Morgan fingerprint density at radius 2 is 2.14 bits per heavy atom. The first kappa shape index (κ1) is 9.49. The van der Waals surface area contributed by atoms with Gasteiger partial charge in [0, 0.05) is 0 Å². The van der Waals surface area contributed by atoms with Crippen LogP contribution < -0.4 is 4.74 Å². The van der Waals surface area contributed by atoms with E-state index in [2.05, 4.69) is 0 Å². The van der Waals surface area contributed by atoms with Crippen LogP contribution in [0.1, 0.15) is 11.1 Å². The van der Waals surface area contributed by atoms with Gasteiger partial charge in [0.25, 0.3) is 0 Å². The van der Waals surface area contributed by atoms with Crippen molar-refractivity contribution in [3.63, 3.8) is 0 Å². The summed E-state index contributed by atoms with van der Waals surface area (Å²) in [6, 6.07) is 5.71. The Bertz CT molecular complexity index is 342. The minimum absolute atomic E-state index is 0.376. The zero-order chi connectivity index (χ0) is 10.2. The molecule has 1 fully saturated rings. The van der Waals surface area contributed by atoms with Gasteiger partial charge >= 0.3 is 0 Å². The first-order valence-corrected chi connectivity index (χ1v) is 4.61. The molecule has 0 bridgehead atoms. The molecule has 0 aliphatic carbocycles. The van der Waals surface area contributed by atoms with Crippen LogP contribution >= 0.6 is 0 Å². The molecule has 0 spiro atoms. The van der Waals surface area contributed by atoms with E-state index in [-0.39, 0.29) is 0 Å². The van der Waals surface area contributed by atoms with Gasteiger partial charge in [-0.25, -0.2) is 0 Å². The second kappa shape index (κ2) is 3.26. The third-order valence-electron chi connectivity index (χ3n) is 2.63. The summed E-state index contributed by atoms with van der Waals surface area (Å²) in [7, 11) is 1.62. The van der Waals surface area contributed by atoms with E-state index in [0.29, 0.717) is 13.2 Å². The quantitative estimate of drug-likeness (QED) is 0.769. The number of aliphatic hydroxyl groups is 1. The van der Waals surface area contributed by atoms with Crippen molar-refractivity contribution < 1.29 is 14.6 Å². The fraction of sp³-hybridized carbons (Fsp3) is 0.455. The molecule has 2 rings (SSSR count). The highest BCUT2D eigenvalue weighted by molar-refractivity contribution is 5.39. The molecule has 1 aromatic rings. The highest BCUT2D eigenvalue weighted by Crippen LogP contribution is 2.33. The number of methoxy groups -OCH3 is 1. The van der Waals surface area contributed by atoms with E-state index >= 15 is 0 Å². The summed E-state index contributed by atoms with van der Waals surface area (Å²) in [5.74, 6) is 0.769. The fourth-order valence-electron chi connectivity index (χ4n) is 1.68. The maximum atomic E-state index is 10.1. The summed E-state index contributed by atoms with van der Waals surface area (Å²) < 4.78 is 10.2. The van der Waals surface area contributed by atoms with Gasteiger partial charge in [0.05, 0.1) is 20.3 Å². The van der Waals surface area contributed by atoms with Crippen molar-refractivity contribution in [1.29, 1.82) is 0 Å². The Morgan fingerprint density at radius 3 is 2.64 bits per heavy atom. The Labute approximate surface area is 83.3 Å². The molecule has 0 aromatic heterocycles. The lowest BCUT2D eigenvalue weighted by molar-refractivity contribution is -0.185. The van der Waals surface area contributed by atoms with Crippen molar-refractivity contribution in [3.05, 3.63) is 29.3 Å². The number of aryl methyl sites for hydroxylation is 1. The van der Waals surface area contributed by atoms with Crippen LogP contribution in [0.15, 0.2) is 18.2 Å². The van der Waals surface area contributed by atoms with Crippen LogP contribution in [0.3, 0.4) is 0 Å². The summed E-state index contributed by atoms with van der Waals surface area (Å²) in [5, 5.41) is 10.1. The molecule has 1 aliphatic rings. The smallest absolute Gasteiger partial charge is 0.136 e. The predicted molar refractivity (Wildman–Crippen MR) is 52.4 cm³/mol. The van der Waals surface area contributed by atoms with Gasteiger partial charge in [-0.05, 0) is 30.2 Å². The molecule has 3 nitrogen and oxygen atoms in total. The molecule has 0 unspecified atom stereocenters. The molecule has 1 saturated heterocycles. The van der Waals surface area contributed by atoms with Crippen LogP contribution in [-0.4, -0.2) is 25.4 Å². The molecular formula is C11H14O3. The third-order valence-corrected chi connectivity index (χ3v) is 2.63. The highest BCUT2D eigenvalue weighted by Gasteiger charge is 2.39. The fourth-order valence-corrected chi connectivity index (χ4v) is 1.68. The van der Waals surface area contributed by atoms with Crippen molar-refractivity contribution in [2.24, 2.45) is 0 Å². The summed E-state index contributed by atoms with van der Waals surface area (Å²) in [6.07, 6.45) is 0. The van der Waals surface area contributed by atoms with E-state index in [1.165, 1.54) is 0 Å². The van der Waals surface area contributed by atoms with Gasteiger partial charge in [0.15, 0.2) is 0 Å². The number of benzene rings is 1. The molecule has 1 aromatic carbocycles. The molecule has 76 valence electrons. The minimum Gasteiger partial charge on any atom is -0.497 e. The topological polar surface area (TPSA) is 38.7 Å². The normalized spacial score (nSPS) is 18.8. The summed E-state index contributed by atoms with van der Waals surface area (Å²) >= 11 is 0. The second-order valence-electron chi connectivity index (χ2n) is 3.71. The average molecular weight is 194 g/mol. The van der Waals surface area contributed by atoms with Crippen LogP contribution in [0.25, 0.3) is 0 Å². The van der Waals surface area contributed by atoms with Gasteiger partial charge in [0.2, 0.25) is 0 Å². The zero-order valence-corrected chi connectivity index (χ0v) is 8.41. The first-order valence-electron chi connectivity index (χ1n) is 4.61. The van der Waals surface area contributed by atoms with Crippen molar-refractivity contribution in [1.82, 2.24) is 0 Å². The monoisotopic (exact) mass is 194 g/mol. The van der Waals surface area contributed by atoms with E-state index < -0.39 is 5.60 Å². The molecule has 14 heavy (non-hydrogen) atoms. The molecule has 0 amide bonds. The van der Waals surface area contributed by atoms with Crippen molar-refractivity contribution in [2.75, 3.05) is 20.3 Å². The Morgan fingerprint density at radius 1 is 1.43 bits per heavy atom. The number of hydrogen-bond donors (Lipinski definition) is 1. The van der Waals surface area contributed by atoms with Gasteiger partial charge in [-0.15, -0.1) is 0 Å². The number of ether oxygens (including phenoxy) is 2. The van der Waals surface area contributed by atoms with Crippen LogP contribution in [0.4, 0.5) is 0 Å². The van der Waals surface area contributed by atoms with E-state index in [1.54, 1.807) is 7.11 Å². The van der Waals surface area contributed by atoms with Gasteiger partial charge in [-0.2, -0.15) is 0 Å². The lowest BCUT2D eigenvalue weighted by Gasteiger charge is -2.37. The summed E-state index contributed by atoms with van der Waals surface area (Å²) in [5.41, 5.74) is 1.17. The van der Waals surface area contributed by atoms with Crippen LogP contribution in [0.2, 0.25) is 0 Å². The van der Waals surface area contributed by atoms with Crippen LogP contribution in [0.5, 0.6) is 5.75 Å². The maximum Gasteiger partial charge on any atom is 0.136 e. The predicted octanol–water partition coefficient (Wildman–Crippen LogP) is 1.22. The molecular weight excluding hydrogens is 180 g/mol. The third kappa shape index (κ3) is 1.38. The van der Waals surface area contributed by atoms with E-state index in [1.807, 2.05) is 25.1 Å². The Balaban J connectivity index is 2.40. The summed E-state index contributed by atoms with van der Waals surface area (Å²) in [4.78, 5) is 0. The second-order valence-corrected chi connectivity index (χ2v) is 3.71. The standard InChI is InChI=1S/C11H14O3/c1-8-3-4-9(13-2)5-10(8)11(12)6-14-7-11/h3-5,12H,6-7H2,1-2H3. The molecule has 1 aliphatic heterocycles. The van der Waals surface area contributed by atoms with Crippen LogP contribution in [-0.2, 0) is 10.3 Å². The van der Waals surface area contributed by atoms with Crippen molar-refractivity contribution in [3.8, 4) is 5.75 Å². The summed E-state index contributed by atoms with van der Waals surface area (Å²) in [6.45, 7) is 2.73. The number of rotatable bonds is 2. The lowest BCUT2D eigenvalue weighted by Crippen LogP contribution is -2.47. The minimum atomic E-state index is -0.807. The van der Waals surface area contributed by atoms with Gasteiger partial charge in [0.1, 0.15) is 11.4 Å². The number of hydrogen-bond acceptors (Lipinski definition) is 3. The SMILES string of the molecule is COc1ccc(C)c(C2(O)COC2)c1. The molecule has 0 atom stereocenters. The van der Waals surface area contributed by atoms with E-state index in [4.69, 9.17) is 9.47 Å². The lowest BCUT2D eigenvalue weighted by atomic mass is 9.88. The van der Waals surface area contributed by atoms with Gasteiger partial charge < -0.3 is 14.6 Å². The zero-order valence-electron chi connectivity index (χ0n) is 8.41. The van der Waals surface area contributed by atoms with E-state index in [9.17, 15) is 5.11 Å². The average Bonchev–Trinajstić information content (AvgIpc) is 2.15. The largest absolute Gasteiger partial charge is 0.497 e. The van der Waals surface area contributed by atoms with E-state index in [0.717, 1.165) is 16.9 Å². The molecule has 1 N–H and O–H groups in total. The molecule has 0 saturated carbocycles. The Kier molecular flexibility index (Phi) is 2.21. The highest BCUT2D eigenvalue weighted by atomic mass is 16.5. The van der Waals surface area contributed by atoms with Gasteiger partial charge in [-0.3, -0.25) is 0 Å². The van der Waals surface area contributed by atoms with Gasteiger partial charge in [-0.1, -0.05) is 6.07 Å². The first-order chi connectivity index (χ1) is 6.65. The van der Waals surface area contributed by atoms with Crippen LogP contribution in [0, 0.1) is 6.92 Å². The van der Waals surface area contributed by atoms with Crippen molar-refractivity contribution in [2.45, 2.75) is 12.5 Å². The Hall–Kier alpha value is -1.06.